The first kappa shape index (κ1) is 16.6. The molecule has 0 radical (unpaired) electrons. The molecule has 0 unspecified atom stereocenters. The minimum atomic E-state index is -0.474. The summed E-state index contributed by atoms with van der Waals surface area (Å²) in [5, 5.41) is 0. The molecule has 0 saturated carbocycles. The number of pyridine rings is 2. The molecule has 1 aromatic carbocycles. The second-order valence-electron chi connectivity index (χ2n) is 5.26. The molecule has 0 saturated heterocycles. The lowest BCUT2D eigenvalue weighted by molar-refractivity contribution is 0.0461. The van der Waals surface area contributed by atoms with E-state index in [-0.39, 0.29) is 12.3 Å². The molecular formula is C20H18N2O3. The Labute approximate surface area is 146 Å². The van der Waals surface area contributed by atoms with Gasteiger partial charge >= 0.3 is 5.97 Å². The highest BCUT2D eigenvalue weighted by Crippen LogP contribution is 2.21. The first-order valence-corrected chi connectivity index (χ1v) is 8.03. The molecule has 2 heterocycles. The lowest BCUT2D eigenvalue weighted by Gasteiger charge is -2.07. The summed E-state index contributed by atoms with van der Waals surface area (Å²) in [6, 6.07) is 18.3. The van der Waals surface area contributed by atoms with Crippen LogP contribution in [0.1, 0.15) is 23.1 Å². The van der Waals surface area contributed by atoms with E-state index in [0.717, 1.165) is 11.3 Å². The molecule has 0 bridgehead atoms. The predicted octanol–water partition coefficient (Wildman–Crippen LogP) is 3.90. The van der Waals surface area contributed by atoms with Crippen molar-refractivity contribution in [3.8, 4) is 17.0 Å². The van der Waals surface area contributed by atoms with Gasteiger partial charge in [-0.3, -0.25) is 4.98 Å². The molecule has 0 atom stereocenters. The number of hydrogen-bond donors (Lipinski definition) is 0. The Morgan fingerprint density at radius 1 is 1.00 bits per heavy atom. The minimum absolute atomic E-state index is 0.120. The van der Waals surface area contributed by atoms with Crippen LogP contribution in [0, 0.1) is 0 Å². The summed E-state index contributed by atoms with van der Waals surface area (Å²) < 4.78 is 10.7. The van der Waals surface area contributed by atoms with Crippen LogP contribution in [0.5, 0.6) is 5.75 Å². The Morgan fingerprint density at radius 2 is 1.84 bits per heavy atom. The molecule has 0 N–H and O–H groups in total. The van der Waals surface area contributed by atoms with Crippen molar-refractivity contribution in [3.05, 3.63) is 78.2 Å². The minimum Gasteiger partial charge on any atom is -0.494 e. The Balaban J connectivity index is 1.71. The highest BCUT2D eigenvalue weighted by molar-refractivity contribution is 5.87. The first-order chi connectivity index (χ1) is 12.3. The van der Waals surface area contributed by atoms with Crippen LogP contribution >= 0.6 is 0 Å². The number of esters is 1. The van der Waals surface area contributed by atoms with Gasteiger partial charge in [0.05, 0.1) is 18.0 Å². The molecule has 0 amide bonds. The maximum atomic E-state index is 12.2. The average molecular weight is 334 g/mol. The third-order valence-electron chi connectivity index (χ3n) is 3.50. The van der Waals surface area contributed by atoms with Gasteiger partial charge in [0, 0.05) is 11.8 Å². The van der Waals surface area contributed by atoms with Gasteiger partial charge in [-0.05, 0) is 55.5 Å². The lowest BCUT2D eigenvalue weighted by Crippen LogP contribution is -2.08. The number of ether oxygens (including phenoxy) is 2. The van der Waals surface area contributed by atoms with Crippen molar-refractivity contribution in [2.24, 2.45) is 0 Å². The van der Waals surface area contributed by atoms with Crippen LogP contribution < -0.4 is 4.74 Å². The van der Waals surface area contributed by atoms with Gasteiger partial charge in [0.15, 0.2) is 0 Å². The van der Waals surface area contributed by atoms with Gasteiger partial charge in [0.25, 0.3) is 0 Å². The molecule has 5 heteroatoms. The molecule has 3 rings (SSSR count). The fourth-order valence-corrected chi connectivity index (χ4v) is 2.29. The van der Waals surface area contributed by atoms with Crippen molar-refractivity contribution in [2.45, 2.75) is 13.5 Å². The molecule has 0 aliphatic heterocycles. The second kappa shape index (κ2) is 8.06. The fourth-order valence-electron chi connectivity index (χ4n) is 2.29. The molecule has 0 aliphatic rings. The predicted molar refractivity (Wildman–Crippen MR) is 94.2 cm³/mol. The van der Waals surface area contributed by atoms with Crippen LogP contribution in [-0.4, -0.2) is 22.5 Å². The summed E-state index contributed by atoms with van der Waals surface area (Å²) in [5.41, 5.74) is 2.57. The SMILES string of the molecule is CCOc1ccc(-c2cccc(C(=O)OCc3ccccn3)n2)cc1. The Morgan fingerprint density at radius 3 is 2.56 bits per heavy atom. The van der Waals surface area contributed by atoms with Crippen molar-refractivity contribution < 1.29 is 14.3 Å². The maximum absolute atomic E-state index is 12.2. The van der Waals surface area contributed by atoms with E-state index in [2.05, 4.69) is 9.97 Å². The summed E-state index contributed by atoms with van der Waals surface area (Å²) in [7, 11) is 0. The number of hydrogen-bond acceptors (Lipinski definition) is 5. The number of rotatable bonds is 6. The Hall–Kier alpha value is -3.21. The van der Waals surface area contributed by atoms with Gasteiger partial charge in [-0.2, -0.15) is 0 Å². The largest absolute Gasteiger partial charge is 0.494 e. The van der Waals surface area contributed by atoms with E-state index in [1.807, 2.05) is 49.4 Å². The van der Waals surface area contributed by atoms with Crippen LogP contribution in [0.15, 0.2) is 66.9 Å². The highest BCUT2D eigenvalue weighted by Gasteiger charge is 2.11. The molecule has 3 aromatic rings. The van der Waals surface area contributed by atoms with Crippen LogP contribution in [0.2, 0.25) is 0 Å². The van der Waals surface area contributed by atoms with Crippen LogP contribution in [-0.2, 0) is 11.3 Å². The quantitative estimate of drug-likeness (QED) is 0.640. The molecule has 0 spiro atoms. The summed E-state index contributed by atoms with van der Waals surface area (Å²) in [6.45, 7) is 2.68. The maximum Gasteiger partial charge on any atom is 0.357 e. The van der Waals surface area contributed by atoms with Crippen LogP contribution in [0.25, 0.3) is 11.3 Å². The summed E-state index contributed by atoms with van der Waals surface area (Å²) in [6.07, 6.45) is 1.66. The van der Waals surface area contributed by atoms with E-state index in [1.54, 1.807) is 24.4 Å². The van der Waals surface area contributed by atoms with Gasteiger partial charge in [-0.1, -0.05) is 12.1 Å². The van der Waals surface area contributed by atoms with E-state index in [9.17, 15) is 4.79 Å². The molecular weight excluding hydrogens is 316 g/mol. The monoisotopic (exact) mass is 334 g/mol. The average Bonchev–Trinajstić information content (AvgIpc) is 2.68. The van der Waals surface area contributed by atoms with Gasteiger partial charge in [-0.25, -0.2) is 9.78 Å². The standard InChI is InChI=1S/C20H18N2O3/c1-2-24-17-11-9-15(10-12-17)18-7-5-8-19(22-18)20(23)25-14-16-6-3-4-13-21-16/h3-13H,2,14H2,1H3. The van der Waals surface area contributed by atoms with Crippen LogP contribution in [0.3, 0.4) is 0 Å². The Bertz CT molecular complexity index is 833. The van der Waals surface area contributed by atoms with Crippen molar-refractivity contribution >= 4 is 5.97 Å². The summed E-state index contributed by atoms with van der Waals surface area (Å²) in [5.74, 6) is 0.329. The van der Waals surface area contributed by atoms with E-state index in [0.29, 0.717) is 18.0 Å². The van der Waals surface area contributed by atoms with Crippen molar-refractivity contribution in [1.82, 2.24) is 9.97 Å². The summed E-state index contributed by atoms with van der Waals surface area (Å²) >= 11 is 0. The van der Waals surface area contributed by atoms with E-state index >= 15 is 0 Å². The van der Waals surface area contributed by atoms with Gasteiger partial charge < -0.3 is 9.47 Å². The van der Waals surface area contributed by atoms with Crippen LogP contribution in [0.4, 0.5) is 0 Å². The zero-order valence-corrected chi connectivity index (χ0v) is 13.9. The smallest absolute Gasteiger partial charge is 0.357 e. The van der Waals surface area contributed by atoms with Gasteiger partial charge in [0.2, 0.25) is 0 Å². The summed E-state index contributed by atoms with van der Waals surface area (Å²) in [4.78, 5) is 20.7. The zero-order valence-electron chi connectivity index (χ0n) is 13.9. The third-order valence-corrected chi connectivity index (χ3v) is 3.50. The number of benzene rings is 1. The number of aromatic nitrogens is 2. The number of carbonyl (C=O) groups excluding carboxylic acids is 1. The van der Waals surface area contributed by atoms with Gasteiger partial charge in [-0.15, -0.1) is 0 Å². The van der Waals surface area contributed by atoms with Crippen molar-refractivity contribution in [3.63, 3.8) is 0 Å². The van der Waals surface area contributed by atoms with Crippen molar-refractivity contribution in [1.29, 1.82) is 0 Å². The van der Waals surface area contributed by atoms with Gasteiger partial charge in [0.1, 0.15) is 18.1 Å². The van der Waals surface area contributed by atoms with E-state index in [4.69, 9.17) is 9.47 Å². The van der Waals surface area contributed by atoms with Crippen molar-refractivity contribution in [2.75, 3.05) is 6.61 Å². The number of nitrogens with zero attached hydrogens (tertiary/aromatic N) is 2. The topological polar surface area (TPSA) is 61.3 Å². The Kier molecular flexibility index (Phi) is 5.36. The second-order valence-corrected chi connectivity index (χ2v) is 5.26. The third kappa shape index (κ3) is 4.41. The molecule has 5 nitrogen and oxygen atoms in total. The first-order valence-electron chi connectivity index (χ1n) is 8.03. The highest BCUT2D eigenvalue weighted by atomic mass is 16.5. The normalized spacial score (nSPS) is 10.3. The molecule has 2 aromatic heterocycles. The fraction of sp³-hybridized carbons (Fsp3) is 0.150. The zero-order chi connectivity index (χ0) is 17.5. The molecule has 126 valence electrons. The molecule has 0 aliphatic carbocycles. The molecule has 0 fully saturated rings. The van der Waals surface area contributed by atoms with E-state index < -0.39 is 5.97 Å². The number of carbonyl (C=O) groups is 1. The molecule has 25 heavy (non-hydrogen) atoms. The lowest BCUT2D eigenvalue weighted by atomic mass is 10.1. The van der Waals surface area contributed by atoms with E-state index in [1.165, 1.54) is 0 Å².